The van der Waals surface area contributed by atoms with Crippen molar-refractivity contribution in [2.45, 2.75) is 5.92 Å². The number of nitro groups is 2. The maximum atomic E-state index is 12.9. The van der Waals surface area contributed by atoms with E-state index in [4.69, 9.17) is 0 Å². The molecule has 0 heterocycles. The molecule has 0 aromatic heterocycles. The summed E-state index contributed by atoms with van der Waals surface area (Å²) in [6.45, 7) is -2.00. The Hall–Kier alpha value is -2.07. The summed E-state index contributed by atoms with van der Waals surface area (Å²) in [5, 5.41) is 18.8. The first-order chi connectivity index (χ1) is 6.75. The Labute approximate surface area is 80.4 Å². The van der Waals surface area contributed by atoms with E-state index < -0.39 is 33.5 Å². The van der Waals surface area contributed by atoms with E-state index in [9.17, 15) is 33.9 Å². The minimum atomic E-state index is -4.30. The number of hydrogen-bond donors (Lipinski definition) is 0. The molecule has 9 nitrogen and oxygen atoms in total. The van der Waals surface area contributed by atoms with Crippen LogP contribution in [0.4, 0.5) is 13.7 Å². The molecule has 0 radical (unpaired) electrons. The number of ether oxygens (including phenoxy) is 1. The van der Waals surface area contributed by atoms with Crippen molar-refractivity contribution in [2.24, 2.45) is 0 Å². The molecule has 0 atom stereocenters. The van der Waals surface area contributed by atoms with Crippen molar-refractivity contribution in [3.8, 4) is 0 Å². The van der Waals surface area contributed by atoms with Crippen molar-refractivity contribution in [1.29, 1.82) is 0 Å². The smallest absolute Gasteiger partial charge is 0.451 e. The lowest BCUT2D eigenvalue weighted by Crippen LogP contribution is -2.50. The van der Waals surface area contributed by atoms with Gasteiger partial charge in [-0.25, -0.2) is 4.79 Å². The Morgan fingerprint density at radius 3 is 2.13 bits per heavy atom. The molecule has 0 saturated heterocycles. The standard InChI is InChI=1S/C4H5F2N3O6/c1-15-3(10)7(6)2-4(5,8(11)12)9(13)14/h2H2,1H3. The predicted molar refractivity (Wildman–Crippen MR) is 38.0 cm³/mol. The van der Waals surface area contributed by atoms with Crippen LogP contribution in [0.15, 0.2) is 0 Å². The summed E-state index contributed by atoms with van der Waals surface area (Å²) < 4.78 is 29.1. The molecule has 0 aliphatic rings. The van der Waals surface area contributed by atoms with Gasteiger partial charge in [-0.05, 0) is 0 Å². The number of carbonyl (C=O) groups excluding carboxylic acids is 1. The third-order valence-electron chi connectivity index (χ3n) is 1.27. The van der Waals surface area contributed by atoms with Crippen LogP contribution in [0.5, 0.6) is 0 Å². The molecular formula is C4H5F2N3O6. The molecule has 86 valence electrons. The van der Waals surface area contributed by atoms with Gasteiger partial charge in [-0.3, -0.25) is 20.2 Å². The second-order valence-corrected chi connectivity index (χ2v) is 2.22. The van der Waals surface area contributed by atoms with Crippen LogP contribution in [0, 0.1) is 20.2 Å². The Bertz CT molecular complexity index is 282. The van der Waals surface area contributed by atoms with E-state index in [0.717, 1.165) is 0 Å². The molecule has 0 saturated carbocycles. The van der Waals surface area contributed by atoms with Gasteiger partial charge in [0.2, 0.25) is 6.54 Å². The van der Waals surface area contributed by atoms with Gasteiger partial charge in [0, 0.05) is 0 Å². The van der Waals surface area contributed by atoms with E-state index in [2.05, 4.69) is 4.74 Å². The van der Waals surface area contributed by atoms with E-state index in [1.54, 1.807) is 0 Å². The number of hydrogen-bond acceptors (Lipinski definition) is 6. The van der Waals surface area contributed by atoms with Crippen molar-refractivity contribution < 1.29 is 28.2 Å². The van der Waals surface area contributed by atoms with E-state index in [-0.39, 0.29) is 0 Å². The zero-order chi connectivity index (χ0) is 12.2. The van der Waals surface area contributed by atoms with Crippen molar-refractivity contribution in [3.63, 3.8) is 0 Å². The average molecular weight is 229 g/mol. The van der Waals surface area contributed by atoms with Crippen molar-refractivity contribution >= 4 is 6.09 Å². The predicted octanol–water partition coefficient (Wildman–Crippen LogP) is 0.116. The number of methoxy groups -OCH3 is 1. The topological polar surface area (TPSA) is 116 Å². The highest BCUT2D eigenvalue weighted by atomic mass is 19.2. The van der Waals surface area contributed by atoms with Gasteiger partial charge in [0.1, 0.15) is 9.85 Å². The van der Waals surface area contributed by atoms with Crippen LogP contribution in [-0.4, -0.2) is 40.6 Å². The fourth-order valence-electron chi connectivity index (χ4n) is 0.522. The summed E-state index contributed by atoms with van der Waals surface area (Å²) in [6.07, 6.45) is -1.78. The molecule has 0 aromatic rings. The normalized spacial score (nSPS) is 10.6. The van der Waals surface area contributed by atoms with Crippen LogP contribution < -0.4 is 0 Å². The first-order valence-corrected chi connectivity index (χ1v) is 3.25. The third-order valence-corrected chi connectivity index (χ3v) is 1.27. The van der Waals surface area contributed by atoms with Crippen LogP contribution in [-0.2, 0) is 4.74 Å². The molecule has 0 aromatic carbocycles. The summed E-state index contributed by atoms with van der Waals surface area (Å²) in [5.74, 6) is -4.30. The van der Waals surface area contributed by atoms with E-state index in [0.29, 0.717) is 7.11 Å². The quantitative estimate of drug-likeness (QED) is 0.222. The zero-order valence-corrected chi connectivity index (χ0v) is 7.25. The Balaban J connectivity index is 4.78. The summed E-state index contributed by atoms with van der Waals surface area (Å²) in [7, 11) is 0.715. The number of amides is 1. The Morgan fingerprint density at radius 2 is 1.87 bits per heavy atom. The van der Waals surface area contributed by atoms with Gasteiger partial charge < -0.3 is 4.74 Å². The van der Waals surface area contributed by atoms with E-state index in [1.165, 1.54) is 0 Å². The lowest BCUT2D eigenvalue weighted by Gasteiger charge is -2.12. The SMILES string of the molecule is COC(=O)N(F)CC(F)([N+](=O)[O-])[N+](=O)[O-]. The maximum Gasteiger partial charge on any atom is 0.634 e. The number of alkyl halides is 1. The lowest BCUT2D eigenvalue weighted by atomic mass is 10.4. The second kappa shape index (κ2) is 4.43. The van der Waals surface area contributed by atoms with Gasteiger partial charge in [-0.15, -0.1) is 5.12 Å². The monoisotopic (exact) mass is 229 g/mol. The Morgan fingerprint density at radius 1 is 1.47 bits per heavy atom. The molecule has 0 spiro atoms. The molecule has 0 aliphatic carbocycles. The van der Waals surface area contributed by atoms with Gasteiger partial charge in [0.05, 0.1) is 7.11 Å². The molecule has 0 unspecified atom stereocenters. The minimum absolute atomic E-state index is 0.715. The van der Waals surface area contributed by atoms with E-state index in [1.807, 2.05) is 0 Å². The molecule has 15 heavy (non-hydrogen) atoms. The van der Waals surface area contributed by atoms with Gasteiger partial charge in [0.25, 0.3) is 0 Å². The highest BCUT2D eigenvalue weighted by Crippen LogP contribution is 2.15. The molecule has 0 aliphatic heterocycles. The molecule has 0 N–H and O–H groups in total. The molecule has 1 amide bonds. The summed E-state index contributed by atoms with van der Waals surface area (Å²) in [5.41, 5.74) is 0. The average Bonchev–Trinajstić information content (AvgIpc) is 2.15. The largest absolute Gasteiger partial charge is 0.634 e. The summed E-state index contributed by atoms with van der Waals surface area (Å²) >= 11 is 0. The number of carbonyl (C=O) groups is 1. The fraction of sp³-hybridized carbons (Fsp3) is 0.750. The highest BCUT2D eigenvalue weighted by Gasteiger charge is 2.60. The van der Waals surface area contributed by atoms with Crippen molar-refractivity contribution in [2.75, 3.05) is 13.7 Å². The molecule has 11 heteroatoms. The Kier molecular flexibility index (Phi) is 3.82. The van der Waals surface area contributed by atoms with Gasteiger partial charge in [-0.2, -0.15) is 0 Å². The summed E-state index contributed by atoms with van der Waals surface area (Å²) in [4.78, 5) is 26.3. The van der Waals surface area contributed by atoms with Crippen LogP contribution in [0.3, 0.4) is 0 Å². The summed E-state index contributed by atoms with van der Waals surface area (Å²) in [6, 6.07) is 0. The number of halogens is 2. The highest BCUT2D eigenvalue weighted by molar-refractivity contribution is 5.65. The zero-order valence-electron chi connectivity index (χ0n) is 7.25. The van der Waals surface area contributed by atoms with Gasteiger partial charge in [0.15, 0.2) is 0 Å². The van der Waals surface area contributed by atoms with Crippen molar-refractivity contribution in [3.05, 3.63) is 20.2 Å². The first kappa shape index (κ1) is 12.9. The van der Waals surface area contributed by atoms with Crippen LogP contribution in [0.25, 0.3) is 0 Å². The molecule has 0 fully saturated rings. The van der Waals surface area contributed by atoms with E-state index >= 15 is 0 Å². The maximum absolute atomic E-state index is 12.9. The second-order valence-electron chi connectivity index (χ2n) is 2.22. The fourth-order valence-corrected chi connectivity index (χ4v) is 0.522. The van der Waals surface area contributed by atoms with Crippen molar-refractivity contribution in [1.82, 2.24) is 5.12 Å². The number of rotatable bonds is 4. The van der Waals surface area contributed by atoms with Gasteiger partial charge >= 0.3 is 12.0 Å². The third kappa shape index (κ3) is 2.69. The lowest BCUT2D eigenvalue weighted by molar-refractivity contribution is -0.830. The van der Waals surface area contributed by atoms with Gasteiger partial charge in [-0.1, -0.05) is 8.87 Å². The molecule has 0 bridgehead atoms. The molecular weight excluding hydrogens is 224 g/mol. The first-order valence-electron chi connectivity index (χ1n) is 3.25. The van der Waals surface area contributed by atoms with Crippen LogP contribution in [0.2, 0.25) is 0 Å². The number of nitrogens with zero attached hydrogens (tertiary/aromatic N) is 3. The van der Waals surface area contributed by atoms with Crippen LogP contribution >= 0.6 is 0 Å². The molecule has 0 rings (SSSR count). The minimum Gasteiger partial charge on any atom is -0.451 e. The van der Waals surface area contributed by atoms with Crippen LogP contribution in [0.1, 0.15) is 0 Å².